The summed E-state index contributed by atoms with van der Waals surface area (Å²) in [6.07, 6.45) is 8.07. The van der Waals surface area contributed by atoms with Crippen LogP contribution in [0, 0.1) is 5.92 Å². The van der Waals surface area contributed by atoms with Crippen molar-refractivity contribution in [3.8, 4) is 5.75 Å². The number of hydrogen-bond acceptors (Lipinski definition) is 3. The number of aryl methyl sites for hydroxylation is 1. The highest BCUT2D eigenvalue weighted by molar-refractivity contribution is 5.25. The van der Waals surface area contributed by atoms with E-state index in [4.69, 9.17) is 4.74 Å². The summed E-state index contributed by atoms with van der Waals surface area (Å²) in [5.41, 5.74) is 1.24. The third kappa shape index (κ3) is 3.72. The van der Waals surface area contributed by atoms with Gasteiger partial charge >= 0.3 is 0 Å². The highest BCUT2D eigenvalue weighted by Gasteiger charge is 2.30. The zero-order chi connectivity index (χ0) is 13.7. The van der Waals surface area contributed by atoms with Gasteiger partial charge in [0.2, 0.25) is 0 Å². The van der Waals surface area contributed by atoms with Crippen molar-refractivity contribution in [3.05, 3.63) is 11.9 Å². The Labute approximate surface area is 116 Å². The normalized spacial score (nSPS) is 16.6. The molecule has 4 heteroatoms. The van der Waals surface area contributed by atoms with Crippen molar-refractivity contribution < 1.29 is 4.74 Å². The van der Waals surface area contributed by atoms with Gasteiger partial charge in [0, 0.05) is 12.6 Å². The van der Waals surface area contributed by atoms with Crippen molar-refractivity contribution in [3.63, 3.8) is 0 Å². The van der Waals surface area contributed by atoms with Crippen molar-refractivity contribution in [1.82, 2.24) is 15.1 Å². The van der Waals surface area contributed by atoms with E-state index in [1.54, 1.807) is 7.11 Å². The summed E-state index contributed by atoms with van der Waals surface area (Å²) in [6.45, 7) is 6.40. The van der Waals surface area contributed by atoms with Crippen molar-refractivity contribution in [1.29, 1.82) is 0 Å². The van der Waals surface area contributed by atoms with Crippen LogP contribution in [0.2, 0.25) is 0 Å². The first-order valence-corrected chi connectivity index (χ1v) is 7.62. The van der Waals surface area contributed by atoms with Crippen LogP contribution in [0.4, 0.5) is 0 Å². The molecular formula is C15H27N3O. The summed E-state index contributed by atoms with van der Waals surface area (Å²) in [5, 5.41) is 8.08. The standard InChI is InChI=1S/C15H27N3O/c1-4-10-16-13(12-6-7-12)8-9-14-15(19-3)11-17-18(14)5-2/h11-13,16H,4-10H2,1-3H3. The van der Waals surface area contributed by atoms with Crippen LogP contribution in [0.3, 0.4) is 0 Å². The highest BCUT2D eigenvalue weighted by atomic mass is 16.5. The SMILES string of the molecule is CCCNC(CCc1c(OC)cnn1CC)C1CC1. The number of aromatic nitrogens is 2. The molecule has 108 valence electrons. The van der Waals surface area contributed by atoms with Gasteiger partial charge in [-0.05, 0) is 51.5 Å². The molecule has 19 heavy (non-hydrogen) atoms. The molecule has 1 aliphatic rings. The third-order valence-corrected chi connectivity index (χ3v) is 3.97. The summed E-state index contributed by atoms with van der Waals surface area (Å²) in [6, 6.07) is 0.671. The smallest absolute Gasteiger partial charge is 0.159 e. The predicted molar refractivity (Wildman–Crippen MR) is 77.6 cm³/mol. The van der Waals surface area contributed by atoms with Crippen molar-refractivity contribution in [2.75, 3.05) is 13.7 Å². The maximum Gasteiger partial charge on any atom is 0.159 e. The first kappa shape index (κ1) is 14.4. The molecular weight excluding hydrogens is 238 g/mol. The van der Waals surface area contributed by atoms with Crippen LogP contribution in [0.1, 0.15) is 45.2 Å². The molecule has 2 rings (SSSR count). The van der Waals surface area contributed by atoms with Crippen LogP contribution in [0.15, 0.2) is 6.20 Å². The van der Waals surface area contributed by atoms with Crippen LogP contribution in [-0.2, 0) is 13.0 Å². The minimum atomic E-state index is 0.671. The fourth-order valence-electron chi connectivity index (χ4n) is 2.71. The van der Waals surface area contributed by atoms with Crippen LogP contribution < -0.4 is 10.1 Å². The van der Waals surface area contributed by atoms with Gasteiger partial charge in [0.1, 0.15) is 0 Å². The minimum absolute atomic E-state index is 0.671. The Balaban J connectivity index is 1.93. The Bertz CT molecular complexity index is 363. The molecule has 0 spiro atoms. The van der Waals surface area contributed by atoms with Gasteiger partial charge in [0.15, 0.2) is 5.75 Å². The summed E-state index contributed by atoms with van der Waals surface area (Å²) in [5.74, 6) is 1.84. The van der Waals surface area contributed by atoms with E-state index in [0.29, 0.717) is 6.04 Å². The van der Waals surface area contributed by atoms with E-state index in [9.17, 15) is 0 Å². The quantitative estimate of drug-likeness (QED) is 0.746. The molecule has 1 unspecified atom stereocenters. The predicted octanol–water partition coefficient (Wildman–Crippen LogP) is 2.62. The molecule has 0 saturated heterocycles. The molecule has 0 aliphatic heterocycles. The van der Waals surface area contributed by atoms with Crippen molar-refractivity contribution in [2.45, 2.75) is 58.5 Å². The largest absolute Gasteiger partial charge is 0.493 e. The van der Waals surface area contributed by atoms with Gasteiger partial charge in [0.25, 0.3) is 0 Å². The number of nitrogens with zero attached hydrogens (tertiary/aromatic N) is 2. The average Bonchev–Trinajstić information content (AvgIpc) is 3.19. The maximum absolute atomic E-state index is 5.41. The summed E-state index contributed by atoms with van der Waals surface area (Å²) in [7, 11) is 1.73. The lowest BCUT2D eigenvalue weighted by Crippen LogP contribution is -2.32. The summed E-state index contributed by atoms with van der Waals surface area (Å²) in [4.78, 5) is 0. The van der Waals surface area contributed by atoms with Gasteiger partial charge in [-0.2, -0.15) is 5.10 Å². The lowest BCUT2D eigenvalue weighted by Gasteiger charge is -2.18. The van der Waals surface area contributed by atoms with Gasteiger partial charge in [-0.3, -0.25) is 4.68 Å². The first-order chi connectivity index (χ1) is 9.30. The molecule has 1 heterocycles. The molecule has 1 aromatic rings. The molecule has 0 amide bonds. The number of hydrogen-bond donors (Lipinski definition) is 1. The molecule has 1 aliphatic carbocycles. The second-order valence-corrected chi connectivity index (χ2v) is 5.41. The Hall–Kier alpha value is -1.03. The molecule has 1 aromatic heterocycles. The van der Waals surface area contributed by atoms with Crippen molar-refractivity contribution in [2.24, 2.45) is 5.92 Å². The zero-order valence-electron chi connectivity index (χ0n) is 12.5. The van der Waals surface area contributed by atoms with E-state index in [1.807, 2.05) is 6.20 Å². The Morgan fingerprint density at radius 3 is 2.84 bits per heavy atom. The fourth-order valence-corrected chi connectivity index (χ4v) is 2.71. The number of nitrogens with one attached hydrogen (secondary N) is 1. The monoisotopic (exact) mass is 265 g/mol. The molecule has 1 N–H and O–H groups in total. The second kappa shape index (κ2) is 6.94. The van der Waals surface area contributed by atoms with Gasteiger partial charge in [-0.1, -0.05) is 6.92 Å². The lowest BCUT2D eigenvalue weighted by atomic mass is 10.0. The fraction of sp³-hybridized carbons (Fsp3) is 0.800. The molecule has 4 nitrogen and oxygen atoms in total. The van der Waals surface area contributed by atoms with Crippen LogP contribution in [-0.4, -0.2) is 29.5 Å². The van der Waals surface area contributed by atoms with Crippen LogP contribution in [0.25, 0.3) is 0 Å². The van der Waals surface area contributed by atoms with E-state index >= 15 is 0 Å². The molecule has 0 aromatic carbocycles. The second-order valence-electron chi connectivity index (χ2n) is 5.41. The van der Waals surface area contributed by atoms with E-state index < -0.39 is 0 Å². The maximum atomic E-state index is 5.41. The zero-order valence-corrected chi connectivity index (χ0v) is 12.5. The van der Waals surface area contributed by atoms with Gasteiger partial charge in [0.05, 0.1) is 19.0 Å². The number of methoxy groups -OCH3 is 1. The van der Waals surface area contributed by atoms with Gasteiger partial charge in [-0.15, -0.1) is 0 Å². The Morgan fingerprint density at radius 2 is 2.26 bits per heavy atom. The average molecular weight is 265 g/mol. The van der Waals surface area contributed by atoms with Crippen LogP contribution in [0.5, 0.6) is 5.75 Å². The lowest BCUT2D eigenvalue weighted by molar-refractivity contribution is 0.396. The Kier molecular flexibility index (Phi) is 5.25. The topological polar surface area (TPSA) is 39.1 Å². The molecule has 1 atom stereocenters. The molecule has 0 bridgehead atoms. The van der Waals surface area contributed by atoms with E-state index in [-0.39, 0.29) is 0 Å². The van der Waals surface area contributed by atoms with E-state index in [2.05, 4.69) is 28.9 Å². The molecule has 1 saturated carbocycles. The van der Waals surface area contributed by atoms with E-state index in [0.717, 1.165) is 31.2 Å². The minimum Gasteiger partial charge on any atom is -0.493 e. The molecule has 0 radical (unpaired) electrons. The summed E-state index contributed by atoms with van der Waals surface area (Å²) < 4.78 is 7.47. The Morgan fingerprint density at radius 1 is 1.47 bits per heavy atom. The first-order valence-electron chi connectivity index (χ1n) is 7.62. The third-order valence-electron chi connectivity index (χ3n) is 3.97. The highest BCUT2D eigenvalue weighted by Crippen LogP contribution is 2.35. The van der Waals surface area contributed by atoms with Gasteiger partial charge < -0.3 is 10.1 Å². The van der Waals surface area contributed by atoms with Gasteiger partial charge in [-0.25, -0.2) is 0 Å². The van der Waals surface area contributed by atoms with Crippen molar-refractivity contribution >= 4 is 0 Å². The number of ether oxygens (including phenoxy) is 1. The van der Waals surface area contributed by atoms with Crippen LogP contribution >= 0.6 is 0 Å². The van der Waals surface area contributed by atoms with E-state index in [1.165, 1.54) is 31.4 Å². The number of rotatable bonds is 9. The molecule has 1 fully saturated rings. The summed E-state index contributed by atoms with van der Waals surface area (Å²) >= 11 is 0.